The summed E-state index contributed by atoms with van der Waals surface area (Å²) in [6.45, 7) is 7.36. The third-order valence-corrected chi connectivity index (χ3v) is 4.73. The van der Waals surface area contributed by atoms with Gasteiger partial charge in [0.05, 0.1) is 6.54 Å². The van der Waals surface area contributed by atoms with Crippen LogP contribution in [0.15, 0.2) is 16.5 Å². The third kappa shape index (κ3) is 3.27. The van der Waals surface area contributed by atoms with Gasteiger partial charge in [-0.2, -0.15) is 0 Å². The predicted molar refractivity (Wildman–Crippen MR) is 85.9 cm³/mol. The van der Waals surface area contributed by atoms with Gasteiger partial charge in [-0.15, -0.1) is 0 Å². The highest BCUT2D eigenvalue weighted by atomic mass is 16.3. The smallest absolute Gasteiger partial charge is 0.325 e. The van der Waals surface area contributed by atoms with Crippen LogP contribution in [0.1, 0.15) is 44.6 Å². The van der Waals surface area contributed by atoms with Gasteiger partial charge in [0.15, 0.2) is 0 Å². The molecule has 2 unspecified atom stereocenters. The van der Waals surface area contributed by atoms with E-state index >= 15 is 0 Å². The van der Waals surface area contributed by atoms with Crippen LogP contribution in [0.3, 0.4) is 0 Å². The van der Waals surface area contributed by atoms with Crippen LogP contribution in [0.25, 0.3) is 0 Å². The van der Waals surface area contributed by atoms with Crippen molar-refractivity contribution in [1.29, 1.82) is 0 Å². The molecule has 1 aliphatic heterocycles. The van der Waals surface area contributed by atoms with Crippen molar-refractivity contribution in [1.82, 2.24) is 15.1 Å². The quantitative estimate of drug-likeness (QED) is 0.816. The van der Waals surface area contributed by atoms with Crippen LogP contribution < -0.4 is 5.32 Å². The number of imide groups is 1. The second-order valence-corrected chi connectivity index (χ2v) is 7.37. The Labute approximate surface area is 136 Å². The molecular formula is C17H25N3O3. The van der Waals surface area contributed by atoms with Crippen molar-refractivity contribution in [2.75, 3.05) is 20.1 Å². The molecule has 3 rings (SSSR count). The largest absolute Gasteiger partial charge is 0.464 e. The molecule has 2 atom stereocenters. The zero-order valence-corrected chi connectivity index (χ0v) is 14.3. The maximum absolute atomic E-state index is 12.1. The second-order valence-electron chi connectivity index (χ2n) is 7.37. The van der Waals surface area contributed by atoms with E-state index in [0.717, 1.165) is 17.4 Å². The Hall–Kier alpha value is -1.82. The zero-order valence-electron chi connectivity index (χ0n) is 14.3. The van der Waals surface area contributed by atoms with Crippen molar-refractivity contribution in [3.63, 3.8) is 0 Å². The molecule has 126 valence electrons. The number of hydrogen-bond acceptors (Lipinski definition) is 4. The van der Waals surface area contributed by atoms with Crippen LogP contribution in [-0.2, 0) is 11.3 Å². The maximum atomic E-state index is 12.1. The molecule has 0 aromatic carbocycles. The normalized spacial score (nSPS) is 26.0. The first-order valence-electron chi connectivity index (χ1n) is 8.19. The number of furan rings is 1. The van der Waals surface area contributed by atoms with E-state index in [-0.39, 0.29) is 11.9 Å². The molecule has 1 aromatic heterocycles. The Balaban J connectivity index is 1.50. The molecule has 2 aliphatic rings. The van der Waals surface area contributed by atoms with Gasteiger partial charge in [0, 0.05) is 19.0 Å². The first-order chi connectivity index (χ1) is 10.8. The van der Waals surface area contributed by atoms with Crippen LogP contribution in [-0.4, -0.2) is 47.4 Å². The monoisotopic (exact) mass is 319 g/mol. The topological polar surface area (TPSA) is 65.8 Å². The molecule has 1 aromatic rings. The standard InChI is InChI=1S/C17H25N3O3/c1-11-9-13(11)14-6-5-12(23-14)10-19(4)7-8-20-15(21)17(2,3)18-16(20)22/h5-6,11,13H,7-10H2,1-4H3,(H,18,22). The minimum absolute atomic E-state index is 0.168. The van der Waals surface area contributed by atoms with Crippen molar-refractivity contribution >= 4 is 11.9 Å². The highest BCUT2D eigenvalue weighted by Gasteiger charge is 2.43. The second kappa shape index (κ2) is 5.67. The van der Waals surface area contributed by atoms with Crippen molar-refractivity contribution < 1.29 is 14.0 Å². The van der Waals surface area contributed by atoms with E-state index in [9.17, 15) is 9.59 Å². The number of nitrogens with zero attached hydrogens (tertiary/aromatic N) is 2. The summed E-state index contributed by atoms with van der Waals surface area (Å²) in [4.78, 5) is 27.3. The number of hydrogen-bond donors (Lipinski definition) is 1. The van der Waals surface area contributed by atoms with E-state index in [2.05, 4.69) is 23.2 Å². The lowest BCUT2D eigenvalue weighted by molar-refractivity contribution is -0.130. The van der Waals surface area contributed by atoms with E-state index < -0.39 is 5.54 Å². The molecule has 0 spiro atoms. The molecule has 6 heteroatoms. The van der Waals surface area contributed by atoms with Crippen LogP contribution in [0.2, 0.25) is 0 Å². The van der Waals surface area contributed by atoms with E-state index in [1.807, 2.05) is 13.1 Å². The van der Waals surface area contributed by atoms with Crippen molar-refractivity contribution in [3.8, 4) is 0 Å². The van der Waals surface area contributed by atoms with E-state index in [0.29, 0.717) is 25.6 Å². The summed E-state index contributed by atoms with van der Waals surface area (Å²) >= 11 is 0. The number of carbonyl (C=O) groups excluding carboxylic acids is 2. The predicted octanol–water partition coefficient (Wildman–Crippen LogP) is 2.17. The van der Waals surface area contributed by atoms with E-state index in [1.54, 1.807) is 13.8 Å². The summed E-state index contributed by atoms with van der Waals surface area (Å²) in [6, 6.07) is 3.78. The summed E-state index contributed by atoms with van der Waals surface area (Å²) in [5.41, 5.74) is -0.799. The van der Waals surface area contributed by atoms with E-state index in [4.69, 9.17) is 4.42 Å². The first-order valence-corrected chi connectivity index (χ1v) is 8.19. The number of carbonyl (C=O) groups is 2. The average Bonchev–Trinajstić information content (AvgIpc) is 2.93. The number of nitrogens with one attached hydrogen (secondary N) is 1. The number of amides is 3. The SMILES string of the molecule is CC1CC1c1ccc(CN(C)CCN2C(=O)NC(C)(C)C2=O)o1. The maximum Gasteiger partial charge on any atom is 0.325 e. The summed E-state index contributed by atoms with van der Waals surface area (Å²) in [7, 11) is 1.96. The van der Waals surface area contributed by atoms with Crippen LogP contribution >= 0.6 is 0 Å². The van der Waals surface area contributed by atoms with Crippen LogP contribution in [0.4, 0.5) is 4.79 Å². The van der Waals surface area contributed by atoms with E-state index in [1.165, 1.54) is 11.3 Å². The van der Waals surface area contributed by atoms with Gasteiger partial charge < -0.3 is 9.73 Å². The number of likely N-dealkylation sites (N-methyl/N-ethyl adjacent to an activating group) is 1. The minimum atomic E-state index is -0.799. The molecule has 3 amide bonds. The first kappa shape index (κ1) is 16.1. The number of rotatable bonds is 6. The van der Waals surface area contributed by atoms with Gasteiger partial charge in [-0.25, -0.2) is 4.79 Å². The van der Waals surface area contributed by atoms with Crippen molar-refractivity contribution in [2.45, 2.75) is 45.2 Å². The lowest BCUT2D eigenvalue weighted by Crippen LogP contribution is -2.41. The Bertz CT molecular complexity index is 622. The summed E-state index contributed by atoms with van der Waals surface area (Å²) < 4.78 is 5.89. The Morgan fingerprint density at radius 1 is 1.39 bits per heavy atom. The lowest BCUT2D eigenvalue weighted by atomic mass is 10.1. The molecule has 1 saturated heterocycles. The zero-order chi connectivity index (χ0) is 16.8. The molecule has 1 N–H and O–H groups in total. The lowest BCUT2D eigenvalue weighted by Gasteiger charge is -2.20. The highest BCUT2D eigenvalue weighted by Crippen LogP contribution is 2.47. The molecule has 0 radical (unpaired) electrons. The summed E-state index contributed by atoms with van der Waals surface area (Å²) in [6.07, 6.45) is 1.21. The van der Waals surface area contributed by atoms with Gasteiger partial charge in [0.25, 0.3) is 5.91 Å². The molecule has 2 fully saturated rings. The Kier molecular flexibility index (Phi) is 3.96. The van der Waals surface area contributed by atoms with Crippen LogP contribution in [0, 0.1) is 5.92 Å². The fourth-order valence-corrected chi connectivity index (χ4v) is 3.03. The summed E-state index contributed by atoms with van der Waals surface area (Å²) in [5, 5.41) is 2.69. The van der Waals surface area contributed by atoms with Gasteiger partial charge in [-0.1, -0.05) is 6.92 Å². The molecule has 23 heavy (non-hydrogen) atoms. The van der Waals surface area contributed by atoms with Gasteiger partial charge in [0.2, 0.25) is 0 Å². The molecular weight excluding hydrogens is 294 g/mol. The van der Waals surface area contributed by atoms with Crippen molar-refractivity contribution in [3.05, 3.63) is 23.7 Å². The molecule has 1 saturated carbocycles. The minimum Gasteiger partial charge on any atom is -0.464 e. The molecule has 2 heterocycles. The van der Waals surface area contributed by atoms with Gasteiger partial charge >= 0.3 is 6.03 Å². The summed E-state index contributed by atoms with van der Waals surface area (Å²) in [5.74, 6) is 3.16. The fraction of sp³-hybridized carbons (Fsp3) is 0.647. The Morgan fingerprint density at radius 3 is 2.65 bits per heavy atom. The molecule has 6 nitrogen and oxygen atoms in total. The molecule has 1 aliphatic carbocycles. The van der Waals surface area contributed by atoms with Crippen molar-refractivity contribution in [2.24, 2.45) is 5.92 Å². The highest BCUT2D eigenvalue weighted by molar-refractivity contribution is 6.06. The molecule has 0 bridgehead atoms. The van der Waals surface area contributed by atoms with Gasteiger partial charge in [-0.05, 0) is 45.4 Å². The fourth-order valence-electron chi connectivity index (χ4n) is 3.03. The van der Waals surface area contributed by atoms with Crippen LogP contribution in [0.5, 0.6) is 0 Å². The average molecular weight is 319 g/mol. The van der Waals surface area contributed by atoms with Gasteiger partial charge in [-0.3, -0.25) is 14.6 Å². The number of urea groups is 1. The Morgan fingerprint density at radius 2 is 2.09 bits per heavy atom. The third-order valence-electron chi connectivity index (χ3n) is 4.73. The van der Waals surface area contributed by atoms with Gasteiger partial charge in [0.1, 0.15) is 17.1 Å².